The highest BCUT2D eigenvalue weighted by Crippen LogP contribution is 2.36. The molecule has 2 aromatic carbocycles. The van der Waals surface area contributed by atoms with Crippen molar-refractivity contribution in [3.8, 4) is 0 Å². The summed E-state index contributed by atoms with van der Waals surface area (Å²) in [5.74, 6) is 0. The molecule has 2 nitrogen and oxygen atoms in total. The summed E-state index contributed by atoms with van der Waals surface area (Å²) in [7, 11) is -2.36. The average Bonchev–Trinajstić information content (AvgIpc) is 2.66. The molecule has 0 N–H and O–H groups in total. The maximum absolute atomic E-state index is 6.97. The van der Waals surface area contributed by atoms with Crippen LogP contribution in [0.2, 0.25) is 5.04 Å². The zero-order chi connectivity index (χ0) is 18.5. The Labute approximate surface area is 160 Å². The van der Waals surface area contributed by atoms with Gasteiger partial charge in [0.25, 0.3) is 8.32 Å². The maximum Gasteiger partial charge on any atom is 0.261 e. The van der Waals surface area contributed by atoms with E-state index in [1.54, 1.807) is 0 Å². The second kappa shape index (κ2) is 8.51. The first-order valence-electron chi connectivity index (χ1n) is 10.0. The van der Waals surface area contributed by atoms with Crippen LogP contribution in [0.4, 0.5) is 0 Å². The highest BCUT2D eigenvalue weighted by atomic mass is 28.4. The molecule has 0 radical (unpaired) electrons. The van der Waals surface area contributed by atoms with Gasteiger partial charge < -0.3 is 9.33 Å². The molecule has 0 aliphatic carbocycles. The lowest BCUT2D eigenvalue weighted by molar-refractivity contribution is 0.178. The average molecular weight is 368 g/mol. The van der Waals surface area contributed by atoms with E-state index >= 15 is 0 Å². The summed E-state index contributed by atoms with van der Waals surface area (Å²) in [4.78, 5) is 2.57. The highest BCUT2D eigenvalue weighted by Gasteiger charge is 2.50. The van der Waals surface area contributed by atoms with Crippen LogP contribution in [0.25, 0.3) is 0 Å². The van der Waals surface area contributed by atoms with Crippen molar-refractivity contribution in [3.63, 3.8) is 0 Å². The lowest BCUT2D eigenvalue weighted by Crippen LogP contribution is -2.67. The van der Waals surface area contributed by atoms with Crippen LogP contribution < -0.4 is 10.4 Å². The Balaban J connectivity index is 1.92. The van der Waals surface area contributed by atoms with Gasteiger partial charge in [-0.1, -0.05) is 87.9 Å². The van der Waals surface area contributed by atoms with Crippen molar-refractivity contribution >= 4 is 18.7 Å². The smallest absolute Gasteiger partial charge is 0.261 e. The van der Waals surface area contributed by atoms with E-state index in [2.05, 4.69) is 86.3 Å². The molecule has 1 heterocycles. The Morgan fingerprint density at radius 3 is 1.77 bits per heavy atom. The molecule has 0 unspecified atom stereocenters. The second-order valence-electron chi connectivity index (χ2n) is 8.41. The number of hydrogen-bond donors (Lipinski definition) is 0. The van der Waals surface area contributed by atoms with Gasteiger partial charge >= 0.3 is 0 Å². The van der Waals surface area contributed by atoms with E-state index in [0.717, 1.165) is 13.2 Å². The first-order valence-corrected chi connectivity index (χ1v) is 11.9. The summed E-state index contributed by atoms with van der Waals surface area (Å²) in [6.45, 7) is 11.4. The second-order valence-corrected chi connectivity index (χ2v) is 12.7. The number of piperidine rings is 1. The van der Waals surface area contributed by atoms with Crippen molar-refractivity contribution in [2.24, 2.45) is 0 Å². The minimum atomic E-state index is -2.36. The summed E-state index contributed by atoms with van der Waals surface area (Å²) >= 11 is 0. The molecule has 0 saturated carbocycles. The van der Waals surface area contributed by atoms with Crippen LogP contribution in [0.5, 0.6) is 0 Å². The number of nitrogens with zero attached hydrogens (tertiary/aromatic N) is 1. The van der Waals surface area contributed by atoms with Gasteiger partial charge in [0.15, 0.2) is 0 Å². The Hall–Kier alpha value is -1.42. The molecule has 1 aliphatic heterocycles. The zero-order valence-electron chi connectivity index (χ0n) is 16.6. The van der Waals surface area contributed by atoms with Gasteiger partial charge in [-0.05, 0) is 41.3 Å². The monoisotopic (exact) mass is 367 g/mol. The third-order valence-corrected chi connectivity index (χ3v) is 10.6. The summed E-state index contributed by atoms with van der Waals surface area (Å²) in [5, 5.41) is 2.81. The molecule has 3 rings (SSSR count). The van der Waals surface area contributed by atoms with E-state index in [4.69, 9.17) is 4.43 Å². The first-order chi connectivity index (χ1) is 12.5. The lowest BCUT2D eigenvalue weighted by atomic mass is 10.1. The van der Waals surface area contributed by atoms with Crippen LogP contribution in [-0.2, 0) is 4.43 Å². The Bertz CT molecular complexity index is 620. The van der Waals surface area contributed by atoms with Crippen molar-refractivity contribution in [1.82, 2.24) is 4.90 Å². The molecule has 2 aromatic rings. The third-order valence-electron chi connectivity index (χ3n) is 5.59. The Morgan fingerprint density at radius 1 is 0.808 bits per heavy atom. The molecule has 0 amide bonds. The zero-order valence-corrected chi connectivity index (χ0v) is 17.6. The predicted octanol–water partition coefficient (Wildman–Crippen LogP) is 4.05. The van der Waals surface area contributed by atoms with Crippen LogP contribution in [0.1, 0.15) is 40.0 Å². The summed E-state index contributed by atoms with van der Waals surface area (Å²) in [5.41, 5.74) is 0. The molecule has 0 spiro atoms. The molecule has 0 aromatic heterocycles. The van der Waals surface area contributed by atoms with Crippen molar-refractivity contribution in [1.29, 1.82) is 0 Å². The summed E-state index contributed by atoms with van der Waals surface area (Å²) in [6.07, 6.45) is 4.05. The molecular formula is C23H33NOSi. The predicted molar refractivity (Wildman–Crippen MR) is 114 cm³/mol. The van der Waals surface area contributed by atoms with Crippen molar-refractivity contribution in [2.75, 3.05) is 26.2 Å². The van der Waals surface area contributed by atoms with E-state index in [1.165, 1.54) is 42.7 Å². The standard InChI is InChI=1S/C23H33NOSi/c1-23(2,3)26(21-13-7-4-8-14-21,22-15-9-5-10-16-22)25-20-19-24-17-11-6-12-18-24/h4-5,7-10,13-16H,6,11-12,17-20H2,1-3H3. The minimum Gasteiger partial charge on any atom is -0.406 e. The van der Waals surface area contributed by atoms with Crippen molar-refractivity contribution in [2.45, 2.75) is 45.1 Å². The SMILES string of the molecule is CC(C)(C)[Si](OCCN1CCCCC1)(c1ccccc1)c1ccccc1. The molecule has 0 bridgehead atoms. The summed E-state index contributed by atoms with van der Waals surface area (Å²) in [6, 6.07) is 21.9. The van der Waals surface area contributed by atoms with E-state index < -0.39 is 8.32 Å². The van der Waals surface area contributed by atoms with Crippen LogP contribution in [0, 0.1) is 0 Å². The van der Waals surface area contributed by atoms with Crippen LogP contribution in [-0.4, -0.2) is 39.5 Å². The van der Waals surface area contributed by atoms with Gasteiger partial charge in [0, 0.05) is 13.2 Å². The topological polar surface area (TPSA) is 12.5 Å². The van der Waals surface area contributed by atoms with Crippen LogP contribution in [0.3, 0.4) is 0 Å². The first kappa shape index (κ1) is 19.3. The van der Waals surface area contributed by atoms with Gasteiger partial charge in [0.05, 0.1) is 0 Å². The lowest BCUT2D eigenvalue weighted by Gasteiger charge is -2.43. The molecule has 0 atom stereocenters. The van der Waals surface area contributed by atoms with Crippen molar-refractivity contribution < 1.29 is 4.43 Å². The largest absolute Gasteiger partial charge is 0.406 e. The van der Waals surface area contributed by atoms with Gasteiger partial charge in [-0.3, -0.25) is 0 Å². The van der Waals surface area contributed by atoms with Gasteiger partial charge in [0.1, 0.15) is 0 Å². The molecule has 3 heteroatoms. The van der Waals surface area contributed by atoms with Gasteiger partial charge in [-0.25, -0.2) is 0 Å². The fraction of sp³-hybridized carbons (Fsp3) is 0.478. The molecule has 1 saturated heterocycles. The fourth-order valence-electron chi connectivity index (χ4n) is 4.27. The quantitative estimate of drug-likeness (QED) is 0.714. The van der Waals surface area contributed by atoms with Crippen molar-refractivity contribution in [3.05, 3.63) is 60.7 Å². The Kier molecular flexibility index (Phi) is 6.33. The number of hydrogen-bond acceptors (Lipinski definition) is 2. The summed E-state index contributed by atoms with van der Waals surface area (Å²) < 4.78 is 6.97. The van der Waals surface area contributed by atoms with E-state index in [9.17, 15) is 0 Å². The fourth-order valence-corrected chi connectivity index (χ4v) is 8.83. The van der Waals surface area contributed by atoms with E-state index in [-0.39, 0.29) is 5.04 Å². The molecular weight excluding hydrogens is 334 g/mol. The minimum absolute atomic E-state index is 0.0671. The molecule has 1 fully saturated rings. The molecule has 26 heavy (non-hydrogen) atoms. The van der Waals surface area contributed by atoms with Crippen LogP contribution in [0.15, 0.2) is 60.7 Å². The highest BCUT2D eigenvalue weighted by molar-refractivity contribution is 6.99. The maximum atomic E-state index is 6.97. The van der Waals surface area contributed by atoms with Gasteiger partial charge in [-0.2, -0.15) is 0 Å². The van der Waals surface area contributed by atoms with E-state index in [0.29, 0.717) is 0 Å². The normalized spacial score (nSPS) is 16.6. The van der Waals surface area contributed by atoms with Crippen LogP contribution >= 0.6 is 0 Å². The molecule has 1 aliphatic rings. The molecule has 140 valence electrons. The number of likely N-dealkylation sites (tertiary alicyclic amines) is 1. The number of rotatable bonds is 6. The number of benzene rings is 2. The van der Waals surface area contributed by atoms with Gasteiger partial charge in [-0.15, -0.1) is 0 Å². The third kappa shape index (κ3) is 4.11. The van der Waals surface area contributed by atoms with E-state index in [1.807, 2.05) is 0 Å². The van der Waals surface area contributed by atoms with Gasteiger partial charge in [0.2, 0.25) is 0 Å². The Morgan fingerprint density at radius 2 is 1.31 bits per heavy atom.